The number of rotatable bonds is 10. The number of benzene rings is 3. The van der Waals surface area contributed by atoms with Crippen molar-refractivity contribution in [1.29, 1.82) is 0 Å². The number of hydrogen-bond acceptors (Lipinski definition) is 4. The molecule has 0 aliphatic heterocycles. The minimum absolute atomic E-state index is 0. The molecule has 48 heavy (non-hydrogen) atoms. The number of fused-ring (bicyclic) bond motifs is 4. The van der Waals surface area contributed by atoms with Crippen LogP contribution in [0.5, 0.6) is 0 Å². The van der Waals surface area contributed by atoms with E-state index in [2.05, 4.69) is 102 Å². The molecule has 3 aromatic carbocycles. The Labute approximate surface area is 301 Å². The maximum atomic E-state index is 11.7. The van der Waals surface area contributed by atoms with Crippen molar-refractivity contribution in [2.45, 2.75) is 107 Å². The minimum atomic E-state index is 0. The number of aliphatic hydroxyl groups excluding tert-OH is 1. The van der Waals surface area contributed by atoms with Gasteiger partial charge in [0.05, 0.1) is 11.3 Å². The van der Waals surface area contributed by atoms with Gasteiger partial charge in [-0.3, -0.25) is 9.78 Å². The Morgan fingerprint density at radius 1 is 0.896 bits per heavy atom. The monoisotopic (exact) mass is 825 g/mol. The summed E-state index contributed by atoms with van der Waals surface area (Å²) in [7, 11) is 0. The van der Waals surface area contributed by atoms with Gasteiger partial charge in [-0.1, -0.05) is 103 Å². The van der Waals surface area contributed by atoms with Gasteiger partial charge >= 0.3 is 0 Å². The summed E-state index contributed by atoms with van der Waals surface area (Å²) < 4.78 is 6.47. The zero-order valence-electron chi connectivity index (χ0n) is 30.6. The van der Waals surface area contributed by atoms with E-state index in [1.165, 1.54) is 22.6 Å². The van der Waals surface area contributed by atoms with E-state index in [0.29, 0.717) is 5.92 Å². The normalized spacial score (nSPS) is 12.2. The fourth-order valence-electron chi connectivity index (χ4n) is 6.40. The number of hydrogen-bond donors (Lipinski definition) is 1. The molecule has 2 aromatic heterocycles. The zero-order valence-corrected chi connectivity index (χ0v) is 33.0. The molecule has 1 radical (unpaired) electrons. The van der Waals surface area contributed by atoms with E-state index in [1.54, 1.807) is 0 Å². The van der Waals surface area contributed by atoms with Gasteiger partial charge in [0.25, 0.3) is 0 Å². The first-order valence-electron chi connectivity index (χ1n) is 17.5. The van der Waals surface area contributed by atoms with E-state index in [9.17, 15) is 9.90 Å². The van der Waals surface area contributed by atoms with Gasteiger partial charge in [-0.25, -0.2) is 0 Å². The van der Waals surface area contributed by atoms with Gasteiger partial charge in [0.15, 0.2) is 5.78 Å². The molecule has 4 nitrogen and oxygen atoms in total. The average Bonchev–Trinajstić information content (AvgIpc) is 3.44. The third-order valence-electron chi connectivity index (χ3n) is 9.20. The molecule has 0 amide bonds. The fraction of sp³-hybridized carbons (Fsp3) is 0.442. The van der Waals surface area contributed by atoms with Crippen LogP contribution in [0.25, 0.3) is 43.9 Å². The number of pyridine rings is 1. The van der Waals surface area contributed by atoms with Crippen LogP contribution in [0.2, 0.25) is 0 Å². The summed E-state index contributed by atoms with van der Waals surface area (Å²) in [4.78, 5) is 16.8. The average molecular weight is 825 g/mol. The van der Waals surface area contributed by atoms with Gasteiger partial charge in [0, 0.05) is 60.9 Å². The number of carbonyl (C=O) groups is 1. The number of carbonyl (C=O) groups excluding carboxylic acids is 1. The van der Waals surface area contributed by atoms with Crippen molar-refractivity contribution < 1.29 is 34.4 Å². The van der Waals surface area contributed by atoms with E-state index in [1.807, 2.05) is 27.7 Å². The Morgan fingerprint density at radius 2 is 1.54 bits per heavy atom. The van der Waals surface area contributed by atoms with Gasteiger partial charge in [-0.15, -0.1) is 29.1 Å². The molecule has 0 fully saturated rings. The van der Waals surface area contributed by atoms with Crippen LogP contribution in [0.15, 0.2) is 70.8 Å². The number of ketones is 1. The Bertz CT molecular complexity index is 1870. The predicted molar refractivity (Wildman–Crippen MR) is 199 cm³/mol. The molecule has 259 valence electrons. The SMILES string of the molecule is CCC(CC)C(=O)/C=C(\O)C(CC)CC.Cc1ccc2nc(-c3[c-]c4ccccc4c(C(C)(C)C)c3)c3oc(CC(C)C)cc3c2c1.[Ir]. The summed E-state index contributed by atoms with van der Waals surface area (Å²) in [6.45, 7) is 21.4. The molecule has 1 N–H and O–H groups in total. The molecule has 0 aliphatic rings. The first kappa shape index (κ1) is 39.2. The van der Waals surface area contributed by atoms with Crippen LogP contribution in [0.1, 0.15) is 105 Å². The molecular weight excluding hydrogens is 771 g/mol. The van der Waals surface area contributed by atoms with Crippen molar-refractivity contribution in [3.63, 3.8) is 0 Å². The molecule has 5 rings (SSSR count). The van der Waals surface area contributed by atoms with Crippen LogP contribution in [0.3, 0.4) is 0 Å². The standard InChI is InChI=1S/C30H30NO.C13H24O2.Ir/c1-18(2)13-22-17-25-24-14-19(3)11-12-27(24)31-28(29(25)32-22)21-15-20-9-7-8-10-23(20)26(16-21)30(4,5)6;1-5-10(6-2)12(14)9-13(15)11(7-3)8-4;/h7-12,14,16-18H,13H2,1-6H3;9-11,14H,5-8H2,1-4H3;/q-1;;/b;12-9-;. The van der Waals surface area contributed by atoms with E-state index < -0.39 is 0 Å². The van der Waals surface area contributed by atoms with Crippen molar-refractivity contribution >= 4 is 38.4 Å². The molecule has 0 saturated carbocycles. The van der Waals surface area contributed by atoms with Crippen LogP contribution in [0, 0.1) is 30.7 Å². The van der Waals surface area contributed by atoms with Crippen molar-refractivity contribution in [3.8, 4) is 11.3 Å². The number of aryl methyl sites for hydroxylation is 1. The molecule has 0 aliphatic carbocycles. The third-order valence-corrected chi connectivity index (χ3v) is 9.20. The van der Waals surface area contributed by atoms with Crippen LogP contribution in [-0.4, -0.2) is 15.9 Å². The molecular formula is C43H54IrNO3-. The molecule has 0 spiro atoms. The summed E-state index contributed by atoms with van der Waals surface area (Å²) in [5, 5.41) is 14.4. The van der Waals surface area contributed by atoms with Crippen LogP contribution in [-0.2, 0) is 36.7 Å². The second-order valence-corrected chi connectivity index (χ2v) is 14.4. The molecule has 2 heterocycles. The van der Waals surface area contributed by atoms with Crippen molar-refractivity contribution in [2.24, 2.45) is 17.8 Å². The Hall–Kier alpha value is -3.27. The second-order valence-electron chi connectivity index (χ2n) is 14.4. The topological polar surface area (TPSA) is 63.3 Å². The maximum Gasteiger partial charge on any atom is 0.162 e. The van der Waals surface area contributed by atoms with Gasteiger partial charge < -0.3 is 9.52 Å². The smallest absolute Gasteiger partial charge is 0.162 e. The van der Waals surface area contributed by atoms with E-state index in [-0.39, 0.29) is 48.9 Å². The molecule has 5 heteroatoms. The van der Waals surface area contributed by atoms with Gasteiger partial charge in [-0.05, 0) is 62.1 Å². The van der Waals surface area contributed by atoms with Crippen LogP contribution < -0.4 is 0 Å². The summed E-state index contributed by atoms with van der Waals surface area (Å²) in [5.74, 6) is 2.09. The predicted octanol–water partition coefficient (Wildman–Crippen LogP) is 12.3. The Kier molecular flexibility index (Phi) is 13.8. The third kappa shape index (κ3) is 9.04. The molecule has 0 bridgehead atoms. The van der Waals surface area contributed by atoms with Crippen LogP contribution in [0.4, 0.5) is 0 Å². The number of furan rings is 1. The van der Waals surface area contributed by atoms with Crippen molar-refractivity contribution in [1.82, 2.24) is 4.98 Å². The minimum Gasteiger partial charge on any atom is -0.512 e. The van der Waals surface area contributed by atoms with Crippen molar-refractivity contribution in [2.75, 3.05) is 0 Å². The van der Waals surface area contributed by atoms with Gasteiger partial charge in [0.1, 0.15) is 11.3 Å². The molecule has 0 saturated heterocycles. The van der Waals surface area contributed by atoms with Gasteiger partial charge in [-0.2, -0.15) is 0 Å². The molecule has 0 atom stereocenters. The van der Waals surface area contributed by atoms with E-state index in [0.717, 1.165) is 76.4 Å². The van der Waals surface area contributed by atoms with Crippen molar-refractivity contribution in [3.05, 3.63) is 89.4 Å². The zero-order chi connectivity index (χ0) is 34.5. The molecule has 5 aromatic rings. The number of aliphatic hydroxyl groups is 1. The quantitative estimate of drug-likeness (QED) is 0.0865. The summed E-state index contributed by atoms with van der Waals surface area (Å²) in [5.41, 5.74) is 6.26. The summed E-state index contributed by atoms with van der Waals surface area (Å²) in [6.07, 6.45) is 5.82. The Balaban J connectivity index is 0.000000334. The summed E-state index contributed by atoms with van der Waals surface area (Å²) in [6, 6.07) is 23.1. The number of aromatic nitrogens is 1. The van der Waals surface area contributed by atoms with E-state index in [4.69, 9.17) is 9.40 Å². The second kappa shape index (κ2) is 16.9. The summed E-state index contributed by atoms with van der Waals surface area (Å²) >= 11 is 0. The van der Waals surface area contributed by atoms with Gasteiger partial charge in [0.2, 0.25) is 0 Å². The largest absolute Gasteiger partial charge is 0.512 e. The fourth-order valence-corrected chi connectivity index (χ4v) is 6.40. The maximum absolute atomic E-state index is 11.7. The van der Waals surface area contributed by atoms with Crippen LogP contribution >= 0.6 is 0 Å². The number of allylic oxidation sites excluding steroid dienone is 2. The molecule has 0 unspecified atom stereocenters. The Morgan fingerprint density at radius 3 is 2.15 bits per heavy atom. The first-order chi connectivity index (χ1) is 22.3. The first-order valence-corrected chi connectivity index (χ1v) is 17.5. The number of nitrogens with zero attached hydrogens (tertiary/aromatic N) is 1. The van der Waals surface area contributed by atoms with E-state index >= 15 is 0 Å².